The minimum absolute atomic E-state index is 0.123. The summed E-state index contributed by atoms with van der Waals surface area (Å²) >= 11 is 6.73. The molecule has 0 aliphatic carbocycles. The Morgan fingerprint density at radius 1 is 1.21 bits per heavy atom. The first kappa shape index (κ1) is 24.0. The van der Waals surface area contributed by atoms with E-state index in [1.54, 1.807) is 29.4 Å². The Labute approximate surface area is 208 Å². The van der Waals surface area contributed by atoms with Gasteiger partial charge in [-0.3, -0.25) is 9.69 Å². The van der Waals surface area contributed by atoms with Crippen LogP contribution in [0.15, 0.2) is 58.1 Å². The van der Waals surface area contributed by atoms with Crippen molar-refractivity contribution in [1.82, 2.24) is 9.47 Å². The van der Waals surface area contributed by atoms with E-state index in [1.807, 2.05) is 44.2 Å². The van der Waals surface area contributed by atoms with Crippen LogP contribution in [-0.4, -0.2) is 32.3 Å². The number of unbranched alkanes of at least 4 members (excludes halogenated alkanes) is 1. The van der Waals surface area contributed by atoms with Gasteiger partial charge in [-0.05, 0) is 74.4 Å². The molecule has 0 spiro atoms. The summed E-state index contributed by atoms with van der Waals surface area (Å²) in [6.07, 6.45) is 5.31. The molecular formula is C26H26N2O4S2. The first-order chi connectivity index (χ1) is 16.4. The number of benzene rings is 1. The zero-order valence-corrected chi connectivity index (χ0v) is 21.0. The van der Waals surface area contributed by atoms with Crippen LogP contribution in [0.25, 0.3) is 11.8 Å². The molecule has 0 saturated carbocycles. The fourth-order valence-corrected chi connectivity index (χ4v) is 5.05. The Kier molecular flexibility index (Phi) is 7.38. The number of thioether (sulfide) groups is 1. The highest BCUT2D eigenvalue weighted by atomic mass is 32.2. The van der Waals surface area contributed by atoms with E-state index in [2.05, 4.69) is 11.5 Å². The summed E-state index contributed by atoms with van der Waals surface area (Å²) in [6.45, 7) is 6.83. The number of ether oxygens (including phenoxy) is 1. The summed E-state index contributed by atoms with van der Waals surface area (Å²) in [5, 5.41) is 0. The number of furan rings is 1. The first-order valence-electron chi connectivity index (χ1n) is 11.1. The number of hydrogen-bond acceptors (Lipinski definition) is 6. The third-order valence-corrected chi connectivity index (χ3v) is 6.99. The van der Waals surface area contributed by atoms with Gasteiger partial charge in [0.2, 0.25) is 0 Å². The summed E-state index contributed by atoms with van der Waals surface area (Å²) in [7, 11) is 0. The Bertz CT molecular complexity index is 1240. The maximum Gasteiger partial charge on any atom is 0.338 e. The van der Waals surface area contributed by atoms with Gasteiger partial charge >= 0.3 is 5.97 Å². The van der Waals surface area contributed by atoms with Crippen LogP contribution in [0.4, 0.5) is 0 Å². The van der Waals surface area contributed by atoms with Gasteiger partial charge in [0.15, 0.2) is 0 Å². The number of aryl methyl sites for hydroxylation is 1. The van der Waals surface area contributed by atoms with Crippen LogP contribution in [0.3, 0.4) is 0 Å². The lowest BCUT2D eigenvalue weighted by molar-refractivity contribution is -0.122. The quantitative estimate of drug-likeness (QED) is 0.165. The average molecular weight is 495 g/mol. The molecule has 1 fully saturated rings. The van der Waals surface area contributed by atoms with Crippen molar-refractivity contribution in [2.45, 2.75) is 40.2 Å². The maximum absolute atomic E-state index is 13.0. The largest absolute Gasteiger partial charge is 0.467 e. The molecule has 0 radical (unpaired) electrons. The highest BCUT2D eigenvalue weighted by Crippen LogP contribution is 2.35. The predicted molar refractivity (Wildman–Crippen MR) is 138 cm³/mol. The zero-order valence-electron chi connectivity index (χ0n) is 19.4. The molecular weight excluding hydrogens is 468 g/mol. The molecule has 4 rings (SSSR count). The summed E-state index contributed by atoms with van der Waals surface area (Å²) in [5.74, 6) is 0.258. The van der Waals surface area contributed by atoms with Gasteiger partial charge in [0.05, 0.1) is 29.9 Å². The van der Waals surface area contributed by atoms with Gasteiger partial charge in [-0.25, -0.2) is 4.79 Å². The van der Waals surface area contributed by atoms with Crippen molar-refractivity contribution in [3.8, 4) is 5.69 Å². The summed E-state index contributed by atoms with van der Waals surface area (Å²) in [6, 6.07) is 13.0. The second-order valence-corrected chi connectivity index (χ2v) is 9.72. The van der Waals surface area contributed by atoms with Gasteiger partial charge in [0.1, 0.15) is 10.1 Å². The minimum atomic E-state index is -0.307. The molecule has 2 aromatic heterocycles. The number of rotatable bonds is 8. The van der Waals surface area contributed by atoms with E-state index in [-0.39, 0.29) is 11.9 Å². The lowest BCUT2D eigenvalue weighted by Crippen LogP contribution is -2.27. The summed E-state index contributed by atoms with van der Waals surface area (Å²) in [5.41, 5.74) is 4.42. The highest BCUT2D eigenvalue weighted by molar-refractivity contribution is 8.26. The summed E-state index contributed by atoms with van der Waals surface area (Å²) in [4.78, 5) is 27.3. The van der Waals surface area contributed by atoms with Crippen molar-refractivity contribution in [3.63, 3.8) is 0 Å². The molecule has 3 aromatic rings. The molecule has 8 heteroatoms. The normalized spacial score (nSPS) is 14.9. The van der Waals surface area contributed by atoms with E-state index in [0.717, 1.165) is 35.5 Å². The van der Waals surface area contributed by atoms with Crippen molar-refractivity contribution >= 4 is 46.3 Å². The average Bonchev–Trinajstić information content (AvgIpc) is 3.50. The van der Waals surface area contributed by atoms with E-state index in [9.17, 15) is 9.59 Å². The van der Waals surface area contributed by atoms with Crippen LogP contribution in [0, 0.1) is 13.8 Å². The second-order valence-electron chi connectivity index (χ2n) is 8.05. The van der Waals surface area contributed by atoms with Crippen molar-refractivity contribution in [2.24, 2.45) is 0 Å². The predicted octanol–water partition coefficient (Wildman–Crippen LogP) is 6.05. The van der Waals surface area contributed by atoms with Crippen molar-refractivity contribution in [2.75, 3.05) is 6.61 Å². The smallest absolute Gasteiger partial charge is 0.338 e. The van der Waals surface area contributed by atoms with Crippen LogP contribution >= 0.6 is 24.0 Å². The minimum Gasteiger partial charge on any atom is -0.467 e. The summed E-state index contributed by atoms with van der Waals surface area (Å²) < 4.78 is 13.3. The van der Waals surface area contributed by atoms with Gasteiger partial charge < -0.3 is 13.7 Å². The third-order valence-electron chi connectivity index (χ3n) is 5.62. The number of aromatic nitrogens is 1. The Hall–Kier alpha value is -3.10. The Morgan fingerprint density at radius 3 is 2.65 bits per heavy atom. The lowest BCUT2D eigenvalue weighted by atomic mass is 10.2. The lowest BCUT2D eigenvalue weighted by Gasteiger charge is -2.12. The van der Waals surface area contributed by atoms with Crippen LogP contribution in [-0.2, 0) is 16.1 Å². The second kappa shape index (κ2) is 10.4. The molecule has 0 unspecified atom stereocenters. The van der Waals surface area contributed by atoms with Crippen LogP contribution in [0.2, 0.25) is 0 Å². The molecule has 0 atom stereocenters. The van der Waals surface area contributed by atoms with Gasteiger partial charge in [-0.15, -0.1) is 0 Å². The highest BCUT2D eigenvalue weighted by Gasteiger charge is 2.32. The van der Waals surface area contributed by atoms with Crippen LogP contribution in [0.5, 0.6) is 0 Å². The number of carbonyl (C=O) groups is 2. The van der Waals surface area contributed by atoms with E-state index < -0.39 is 0 Å². The fraction of sp³-hybridized carbons (Fsp3) is 0.269. The number of carbonyl (C=O) groups excluding carboxylic acids is 2. The van der Waals surface area contributed by atoms with E-state index in [4.69, 9.17) is 21.4 Å². The van der Waals surface area contributed by atoms with E-state index >= 15 is 0 Å². The van der Waals surface area contributed by atoms with Crippen molar-refractivity contribution in [3.05, 3.63) is 81.9 Å². The van der Waals surface area contributed by atoms with Crippen molar-refractivity contribution in [1.29, 1.82) is 0 Å². The van der Waals surface area contributed by atoms with Crippen LogP contribution in [0.1, 0.15) is 52.8 Å². The van der Waals surface area contributed by atoms with Crippen LogP contribution < -0.4 is 0 Å². The topological polar surface area (TPSA) is 64.7 Å². The molecule has 1 aliphatic heterocycles. The zero-order chi connectivity index (χ0) is 24.2. The molecule has 6 nitrogen and oxygen atoms in total. The number of nitrogens with zero attached hydrogens (tertiary/aromatic N) is 2. The monoisotopic (exact) mass is 494 g/mol. The Morgan fingerprint density at radius 2 is 1.97 bits per heavy atom. The fourth-order valence-electron chi connectivity index (χ4n) is 3.81. The molecule has 1 saturated heterocycles. The number of thiocarbonyl (C=S) groups is 1. The molecule has 1 aliphatic rings. The van der Waals surface area contributed by atoms with E-state index in [0.29, 0.717) is 33.7 Å². The SMILES string of the molecule is CCCCOC(=O)c1ccc(-n2c(C)cc(/C=C3\SC(=S)N(Cc4ccco4)C3=O)c2C)cc1. The number of hydrogen-bond donors (Lipinski definition) is 0. The van der Waals surface area contributed by atoms with Gasteiger partial charge in [0.25, 0.3) is 5.91 Å². The Balaban J connectivity index is 1.54. The third kappa shape index (κ3) is 5.03. The van der Waals surface area contributed by atoms with Gasteiger partial charge in [-0.2, -0.15) is 0 Å². The molecule has 176 valence electrons. The standard InChI is InChI=1S/C26H26N2O4S2/c1-4-5-12-32-25(30)19-8-10-21(11-9-19)28-17(2)14-20(18(28)3)15-23-24(29)27(26(33)34-23)16-22-7-6-13-31-22/h6-11,13-15H,4-5,12,16H2,1-3H3/b23-15-. The van der Waals surface area contributed by atoms with Crippen molar-refractivity contribution < 1.29 is 18.7 Å². The van der Waals surface area contributed by atoms with E-state index in [1.165, 1.54) is 11.8 Å². The molecule has 3 heterocycles. The maximum atomic E-state index is 13.0. The molecule has 1 aromatic carbocycles. The number of amides is 1. The molecule has 0 N–H and O–H groups in total. The molecule has 34 heavy (non-hydrogen) atoms. The van der Waals surface area contributed by atoms with Gasteiger partial charge in [0, 0.05) is 17.1 Å². The first-order valence-corrected chi connectivity index (χ1v) is 12.4. The molecule has 0 bridgehead atoms. The molecule has 1 amide bonds. The number of esters is 1. The van der Waals surface area contributed by atoms with Gasteiger partial charge in [-0.1, -0.05) is 37.3 Å².